The fraction of sp³-hybridized carbons (Fsp3) is 0.391. The molecule has 1 unspecified atom stereocenters. The molecular formula is C23H26FN3O2. The van der Waals surface area contributed by atoms with E-state index in [9.17, 15) is 14.0 Å². The molecule has 0 aliphatic carbocycles. The third-order valence-corrected chi connectivity index (χ3v) is 5.86. The van der Waals surface area contributed by atoms with Crippen molar-refractivity contribution < 1.29 is 14.0 Å². The summed E-state index contributed by atoms with van der Waals surface area (Å²) in [4.78, 5) is 31.3. The van der Waals surface area contributed by atoms with E-state index < -0.39 is 0 Å². The van der Waals surface area contributed by atoms with Crippen molar-refractivity contribution in [2.24, 2.45) is 5.92 Å². The summed E-state index contributed by atoms with van der Waals surface area (Å²) in [6, 6.07) is 16.6. The van der Waals surface area contributed by atoms with E-state index >= 15 is 0 Å². The van der Waals surface area contributed by atoms with Crippen LogP contribution in [0, 0.1) is 11.7 Å². The first kappa shape index (κ1) is 19.4. The van der Waals surface area contributed by atoms with Gasteiger partial charge in [-0.25, -0.2) is 4.39 Å². The molecule has 2 aromatic carbocycles. The molecule has 0 spiro atoms. The zero-order valence-corrected chi connectivity index (χ0v) is 16.5. The van der Waals surface area contributed by atoms with Crippen LogP contribution in [0.3, 0.4) is 0 Å². The van der Waals surface area contributed by atoms with Crippen LogP contribution in [0.15, 0.2) is 54.6 Å². The van der Waals surface area contributed by atoms with Crippen molar-refractivity contribution >= 4 is 17.5 Å². The first-order valence-electron chi connectivity index (χ1n) is 10.2. The molecule has 2 aromatic rings. The molecule has 4 rings (SSSR count). The minimum atomic E-state index is -0.260. The van der Waals surface area contributed by atoms with E-state index in [1.54, 1.807) is 17.0 Å². The van der Waals surface area contributed by atoms with Crippen molar-refractivity contribution in [2.45, 2.75) is 12.8 Å². The molecule has 0 saturated carbocycles. The lowest BCUT2D eigenvalue weighted by Gasteiger charge is -2.37. The number of piperazine rings is 1. The number of likely N-dealkylation sites (tertiary alicyclic amines) is 1. The largest absolute Gasteiger partial charge is 0.368 e. The van der Waals surface area contributed by atoms with Gasteiger partial charge in [-0.1, -0.05) is 30.3 Å². The first-order chi connectivity index (χ1) is 14.1. The average Bonchev–Trinajstić information content (AvgIpc) is 3.14. The lowest BCUT2D eigenvalue weighted by molar-refractivity contribution is -0.136. The summed E-state index contributed by atoms with van der Waals surface area (Å²) in [5.74, 6) is -0.383. The molecule has 0 radical (unpaired) electrons. The van der Waals surface area contributed by atoms with Crippen LogP contribution < -0.4 is 4.90 Å². The molecule has 2 amide bonds. The number of nitrogens with zero attached hydrogens (tertiary/aromatic N) is 3. The smallest absolute Gasteiger partial charge is 0.228 e. The number of rotatable bonds is 5. The Bertz CT molecular complexity index is 848. The maximum absolute atomic E-state index is 13.0. The lowest BCUT2D eigenvalue weighted by Crippen LogP contribution is -2.50. The Morgan fingerprint density at radius 2 is 1.66 bits per heavy atom. The molecule has 0 bridgehead atoms. The molecule has 0 aromatic heterocycles. The highest BCUT2D eigenvalue weighted by Gasteiger charge is 2.37. The highest BCUT2D eigenvalue weighted by atomic mass is 19.1. The minimum Gasteiger partial charge on any atom is -0.368 e. The normalized spacial score (nSPS) is 19.7. The van der Waals surface area contributed by atoms with Gasteiger partial charge in [-0.05, 0) is 36.2 Å². The van der Waals surface area contributed by atoms with E-state index in [4.69, 9.17) is 0 Å². The van der Waals surface area contributed by atoms with Crippen molar-refractivity contribution in [3.05, 3.63) is 66.0 Å². The zero-order valence-electron chi connectivity index (χ0n) is 16.5. The summed E-state index contributed by atoms with van der Waals surface area (Å²) in [6.07, 6.45) is 0.962. The lowest BCUT2D eigenvalue weighted by atomic mass is 10.1. The number of carbonyl (C=O) groups is 2. The predicted octanol–water partition coefficient (Wildman–Crippen LogP) is 2.57. The quantitative estimate of drug-likeness (QED) is 0.782. The van der Waals surface area contributed by atoms with Crippen molar-refractivity contribution in [1.29, 1.82) is 0 Å². The van der Waals surface area contributed by atoms with Crippen molar-refractivity contribution in [1.82, 2.24) is 9.80 Å². The van der Waals surface area contributed by atoms with E-state index in [0.717, 1.165) is 18.7 Å². The van der Waals surface area contributed by atoms with E-state index in [1.165, 1.54) is 17.8 Å². The second kappa shape index (κ2) is 8.64. The monoisotopic (exact) mass is 395 g/mol. The topological polar surface area (TPSA) is 43.9 Å². The molecule has 0 N–H and O–H groups in total. The van der Waals surface area contributed by atoms with Gasteiger partial charge in [-0.3, -0.25) is 9.59 Å². The zero-order chi connectivity index (χ0) is 20.2. The predicted molar refractivity (Wildman–Crippen MR) is 110 cm³/mol. The molecule has 6 heteroatoms. The summed E-state index contributed by atoms with van der Waals surface area (Å²) in [5.41, 5.74) is 2.17. The Hall–Kier alpha value is -2.89. The van der Waals surface area contributed by atoms with Crippen LogP contribution in [0.1, 0.15) is 12.0 Å². The molecule has 2 aliphatic heterocycles. The number of halogens is 1. The van der Waals surface area contributed by atoms with Gasteiger partial charge in [0.1, 0.15) is 5.82 Å². The van der Waals surface area contributed by atoms with Crippen LogP contribution in [0.25, 0.3) is 0 Å². The Kier molecular flexibility index (Phi) is 5.79. The van der Waals surface area contributed by atoms with E-state index in [0.29, 0.717) is 39.0 Å². The van der Waals surface area contributed by atoms with Gasteiger partial charge in [-0.2, -0.15) is 0 Å². The number of hydrogen-bond donors (Lipinski definition) is 0. The van der Waals surface area contributed by atoms with E-state index in [2.05, 4.69) is 17.0 Å². The number of amides is 2. The van der Waals surface area contributed by atoms with Gasteiger partial charge in [0.25, 0.3) is 0 Å². The fourth-order valence-electron chi connectivity index (χ4n) is 4.15. The fourth-order valence-corrected chi connectivity index (χ4v) is 4.15. The molecular weight excluding hydrogens is 369 g/mol. The van der Waals surface area contributed by atoms with Gasteiger partial charge in [-0.15, -0.1) is 0 Å². The highest BCUT2D eigenvalue weighted by molar-refractivity contribution is 5.89. The van der Waals surface area contributed by atoms with Crippen LogP contribution in [0.2, 0.25) is 0 Å². The van der Waals surface area contributed by atoms with Crippen molar-refractivity contribution in [3.8, 4) is 0 Å². The molecule has 1 atom stereocenters. The van der Waals surface area contributed by atoms with Crippen LogP contribution in [-0.4, -0.2) is 60.9 Å². The Morgan fingerprint density at radius 3 is 2.34 bits per heavy atom. The number of anilines is 1. The Labute approximate surface area is 170 Å². The number of carbonyl (C=O) groups excluding carboxylic acids is 2. The molecule has 152 valence electrons. The molecule has 2 heterocycles. The molecule has 2 fully saturated rings. The molecule has 2 aliphatic rings. The summed E-state index contributed by atoms with van der Waals surface area (Å²) in [5, 5.41) is 0. The Morgan fingerprint density at radius 1 is 0.966 bits per heavy atom. The third-order valence-electron chi connectivity index (χ3n) is 5.86. The van der Waals surface area contributed by atoms with Crippen molar-refractivity contribution in [3.63, 3.8) is 0 Å². The van der Waals surface area contributed by atoms with Gasteiger partial charge in [0.2, 0.25) is 11.8 Å². The summed E-state index contributed by atoms with van der Waals surface area (Å²) < 4.78 is 13.0. The maximum Gasteiger partial charge on any atom is 0.228 e. The number of para-hydroxylation sites is 1. The minimum absolute atomic E-state index is 0.0355. The SMILES string of the molecule is O=C1CC(C(=O)N2CCN(c3ccccc3)CC2)CN1CCc1ccc(F)cc1. The second-order valence-electron chi connectivity index (χ2n) is 7.77. The van der Waals surface area contributed by atoms with Crippen LogP contribution in [-0.2, 0) is 16.0 Å². The first-order valence-corrected chi connectivity index (χ1v) is 10.2. The average molecular weight is 395 g/mol. The van der Waals surface area contributed by atoms with Crippen LogP contribution in [0.4, 0.5) is 10.1 Å². The number of hydrogen-bond acceptors (Lipinski definition) is 3. The Balaban J connectivity index is 1.27. The van der Waals surface area contributed by atoms with E-state index in [-0.39, 0.29) is 23.5 Å². The van der Waals surface area contributed by atoms with Crippen LogP contribution in [0.5, 0.6) is 0 Å². The van der Waals surface area contributed by atoms with Gasteiger partial charge < -0.3 is 14.7 Å². The standard InChI is InChI=1S/C23H26FN3O2/c24-20-8-6-18(7-9-20)10-11-27-17-19(16-22(27)28)23(29)26-14-12-25(13-15-26)21-4-2-1-3-5-21/h1-9,19H,10-17H2. The molecule has 2 saturated heterocycles. The summed E-state index contributed by atoms with van der Waals surface area (Å²) in [6.45, 7) is 4.05. The van der Waals surface area contributed by atoms with Crippen molar-refractivity contribution in [2.75, 3.05) is 44.2 Å². The van der Waals surface area contributed by atoms with Crippen LogP contribution >= 0.6 is 0 Å². The van der Waals surface area contributed by atoms with Gasteiger partial charge in [0.15, 0.2) is 0 Å². The van der Waals surface area contributed by atoms with Gasteiger partial charge in [0.05, 0.1) is 5.92 Å². The third kappa shape index (κ3) is 4.58. The summed E-state index contributed by atoms with van der Waals surface area (Å²) in [7, 11) is 0. The molecule has 5 nitrogen and oxygen atoms in total. The maximum atomic E-state index is 13.0. The van der Waals surface area contributed by atoms with Gasteiger partial charge >= 0.3 is 0 Å². The molecule has 29 heavy (non-hydrogen) atoms. The second-order valence-corrected chi connectivity index (χ2v) is 7.77. The van der Waals surface area contributed by atoms with Gasteiger partial charge in [0, 0.05) is 51.4 Å². The number of benzene rings is 2. The summed E-state index contributed by atoms with van der Waals surface area (Å²) >= 11 is 0. The van der Waals surface area contributed by atoms with E-state index in [1.807, 2.05) is 23.1 Å². The highest BCUT2D eigenvalue weighted by Crippen LogP contribution is 2.22.